The molecule has 0 radical (unpaired) electrons. The number of alkyl halides is 3. The van der Waals surface area contributed by atoms with Crippen LogP contribution in [0.25, 0.3) is 0 Å². The van der Waals surface area contributed by atoms with Crippen molar-refractivity contribution in [3.8, 4) is 11.5 Å². The van der Waals surface area contributed by atoms with Crippen LogP contribution in [0.5, 0.6) is 11.5 Å². The van der Waals surface area contributed by atoms with Crippen LogP contribution in [-0.4, -0.2) is 59.4 Å². The normalized spacial score (nSPS) is 18.8. The van der Waals surface area contributed by atoms with Crippen LogP contribution in [-0.2, 0) is 12.8 Å². The van der Waals surface area contributed by atoms with Gasteiger partial charge in [-0.1, -0.05) is 30.3 Å². The first-order valence-electron chi connectivity index (χ1n) is 13.1. The van der Waals surface area contributed by atoms with Gasteiger partial charge in [-0.2, -0.15) is 13.2 Å². The van der Waals surface area contributed by atoms with Crippen molar-refractivity contribution in [3.05, 3.63) is 88.7 Å². The van der Waals surface area contributed by atoms with Crippen LogP contribution < -0.4 is 9.47 Å². The number of halogens is 3. The number of methoxy groups -OCH3 is 1. The second-order valence-electron chi connectivity index (χ2n) is 10.1. The fourth-order valence-corrected chi connectivity index (χ4v) is 5.63. The number of nitrogens with zero attached hydrogens (tertiary/aromatic N) is 3. The molecule has 2 amide bonds. The quantitative estimate of drug-likeness (QED) is 0.410. The van der Waals surface area contributed by atoms with Crippen LogP contribution in [0.15, 0.2) is 60.8 Å². The largest absolute Gasteiger partial charge is 0.493 e. The number of ether oxygens (including phenoxy) is 2. The fourth-order valence-electron chi connectivity index (χ4n) is 5.63. The topological polar surface area (TPSA) is 72.0 Å². The summed E-state index contributed by atoms with van der Waals surface area (Å²) in [5, 5.41) is 0. The Kier molecular flexibility index (Phi) is 7.69. The number of carbonyl (C=O) groups excluding carboxylic acids is 2. The van der Waals surface area contributed by atoms with E-state index in [0.29, 0.717) is 56.1 Å². The van der Waals surface area contributed by atoms with Gasteiger partial charge < -0.3 is 19.3 Å². The van der Waals surface area contributed by atoms with Gasteiger partial charge in [0.15, 0.2) is 11.5 Å². The molecule has 0 N–H and O–H groups in total. The van der Waals surface area contributed by atoms with Crippen LogP contribution >= 0.6 is 0 Å². The lowest BCUT2D eigenvalue weighted by Crippen LogP contribution is -2.49. The lowest BCUT2D eigenvalue weighted by atomic mass is 9.92. The number of hydrogen-bond acceptors (Lipinski definition) is 5. The van der Waals surface area contributed by atoms with Crippen molar-refractivity contribution >= 4 is 11.8 Å². The summed E-state index contributed by atoms with van der Waals surface area (Å²) in [4.78, 5) is 33.8. The highest BCUT2D eigenvalue weighted by Crippen LogP contribution is 2.37. The second kappa shape index (κ2) is 11.2. The number of amides is 2. The van der Waals surface area contributed by atoms with Crippen LogP contribution in [0.4, 0.5) is 13.2 Å². The fraction of sp³-hybridized carbons (Fsp3) is 0.367. The van der Waals surface area contributed by atoms with E-state index in [4.69, 9.17) is 9.47 Å². The number of benzene rings is 2. The Labute approximate surface area is 230 Å². The molecule has 2 atom stereocenters. The molecule has 0 unspecified atom stereocenters. The van der Waals surface area contributed by atoms with E-state index in [0.717, 1.165) is 17.2 Å². The third kappa shape index (κ3) is 5.48. The van der Waals surface area contributed by atoms with Crippen LogP contribution in [0, 0.1) is 12.8 Å². The minimum absolute atomic E-state index is 0.0351. The molecule has 10 heteroatoms. The van der Waals surface area contributed by atoms with E-state index in [1.807, 2.05) is 37.3 Å². The maximum atomic E-state index is 13.6. The molecule has 2 saturated heterocycles. The number of fused-ring (bicyclic) bond motifs is 1. The minimum atomic E-state index is -4.67. The first-order valence-corrected chi connectivity index (χ1v) is 13.1. The van der Waals surface area contributed by atoms with E-state index in [9.17, 15) is 22.8 Å². The number of likely N-dealkylation sites (tertiary alicyclic amines) is 2. The zero-order valence-corrected chi connectivity index (χ0v) is 22.3. The summed E-state index contributed by atoms with van der Waals surface area (Å²) in [6, 6.07) is 15.0. The molecule has 0 aliphatic carbocycles. The molecule has 2 aliphatic heterocycles. The summed E-state index contributed by atoms with van der Waals surface area (Å²) in [6.45, 7) is 3.27. The van der Waals surface area contributed by atoms with Gasteiger partial charge in [0.2, 0.25) is 0 Å². The number of piperidine rings is 1. The third-order valence-corrected chi connectivity index (χ3v) is 7.68. The Morgan fingerprint density at radius 1 is 1.00 bits per heavy atom. The molecule has 3 aromatic rings. The SMILES string of the molecule is COc1cc(C)c(C(=O)N2CC[C@@H]3[C@H](CCN3C(=O)c3ncccc3C(F)(F)F)C2)cc1OCc1ccccc1. The summed E-state index contributed by atoms with van der Waals surface area (Å²) in [5.41, 5.74) is 0.612. The highest BCUT2D eigenvalue weighted by atomic mass is 19.4. The number of rotatable bonds is 6. The summed E-state index contributed by atoms with van der Waals surface area (Å²) < 4.78 is 52.0. The van der Waals surface area contributed by atoms with Crippen molar-refractivity contribution in [1.29, 1.82) is 0 Å². The molecule has 2 fully saturated rings. The lowest BCUT2D eigenvalue weighted by Gasteiger charge is -2.38. The van der Waals surface area contributed by atoms with Crippen molar-refractivity contribution in [2.45, 2.75) is 38.6 Å². The monoisotopic (exact) mass is 553 g/mol. The van der Waals surface area contributed by atoms with Crippen molar-refractivity contribution in [1.82, 2.24) is 14.8 Å². The molecule has 3 heterocycles. The summed E-state index contributed by atoms with van der Waals surface area (Å²) >= 11 is 0. The molecule has 2 aliphatic rings. The standard InChI is InChI=1S/C30H30F3N3O4/c1-19-15-25(39-2)26(40-18-20-7-4-3-5-8-20)16-22(19)28(37)35-13-11-24-21(17-35)10-14-36(24)29(38)27-23(30(31,32)33)9-6-12-34-27/h3-9,12,15-16,21,24H,10-11,13-14,17-18H2,1-2H3/t21-,24-/m1/s1. The Bertz CT molecular complexity index is 1400. The van der Waals surface area contributed by atoms with Crippen molar-refractivity contribution < 1.29 is 32.2 Å². The van der Waals surface area contributed by atoms with Gasteiger partial charge >= 0.3 is 6.18 Å². The van der Waals surface area contributed by atoms with Gasteiger partial charge in [0, 0.05) is 37.4 Å². The predicted octanol–water partition coefficient (Wildman–Crippen LogP) is 5.37. The zero-order chi connectivity index (χ0) is 28.4. The van der Waals surface area contributed by atoms with Gasteiger partial charge in [0.1, 0.15) is 12.3 Å². The third-order valence-electron chi connectivity index (χ3n) is 7.68. The van der Waals surface area contributed by atoms with E-state index in [1.165, 1.54) is 17.2 Å². The van der Waals surface area contributed by atoms with Gasteiger partial charge in [0.05, 0.1) is 12.7 Å². The van der Waals surface area contributed by atoms with E-state index >= 15 is 0 Å². The average Bonchev–Trinajstić information content (AvgIpc) is 3.39. The minimum Gasteiger partial charge on any atom is -0.493 e. The molecule has 1 aromatic heterocycles. The zero-order valence-electron chi connectivity index (χ0n) is 22.3. The van der Waals surface area contributed by atoms with Crippen molar-refractivity contribution in [3.63, 3.8) is 0 Å². The number of hydrogen-bond donors (Lipinski definition) is 0. The first-order chi connectivity index (χ1) is 19.2. The molecular weight excluding hydrogens is 523 g/mol. The predicted molar refractivity (Wildman–Crippen MR) is 141 cm³/mol. The molecule has 2 aromatic carbocycles. The molecule has 0 bridgehead atoms. The Balaban J connectivity index is 1.30. The number of aromatic nitrogens is 1. The summed E-state index contributed by atoms with van der Waals surface area (Å²) in [6.07, 6.45) is -2.40. The average molecular weight is 554 g/mol. The Hall–Kier alpha value is -4.08. The number of aryl methyl sites for hydroxylation is 1. The molecule has 5 rings (SSSR count). The van der Waals surface area contributed by atoms with E-state index < -0.39 is 23.3 Å². The molecule has 0 spiro atoms. The van der Waals surface area contributed by atoms with Crippen LogP contribution in [0.1, 0.15) is 50.4 Å². The molecule has 40 heavy (non-hydrogen) atoms. The van der Waals surface area contributed by atoms with Gasteiger partial charge in [-0.25, -0.2) is 0 Å². The highest BCUT2D eigenvalue weighted by Gasteiger charge is 2.44. The van der Waals surface area contributed by atoms with Gasteiger partial charge in [-0.3, -0.25) is 14.6 Å². The Morgan fingerprint density at radius 2 is 1.77 bits per heavy atom. The molecule has 7 nitrogen and oxygen atoms in total. The maximum absolute atomic E-state index is 13.6. The molecule has 210 valence electrons. The molecular formula is C30H30F3N3O4. The van der Waals surface area contributed by atoms with Crippen molar-refractivity contribution in [2.75, 3.05) is 26.7 Å². The smallest absolute Gasteiger partial charge is 0.418 e. The van der Waals surface area contributed by atoms with Crippen LogP contribution in [0.3, 0.4) is 0 Å². The van der Waals surface area contributed by atoms with Gasteiger partial charge in [0.25, 0.3) is 11.8 Å². The van der Waals surface area contributed by atoms with Crippen LogP contribution in [0.2, 0.25) is 0 Å². The van der Waals surface area contributed by atoms with Gasteiger partial charge in [-0.15, -0.1) is 0 Å². The number of carbonyl (C=O) groups is 2. The van der Waals surface area contributed by atoms with Crippen molar-refractivity contribution in [2.24, 2.45) is 5.92 Å². The second-order valence-corrected chi connectivity index (χ2v) is 10.1. The lowest BCUT2D eigenvalue weighted by molar-refractivity contribution is -0.138. The van der Waals surface area contributed by atoms with Gasteiger partial charge in [-0.05, 0) is 61.1 Å². The summed E-state index contributed by atoms with van der Waals surface area (Å²) in [5.74, 6) is 0.0838. The highest BCUT2D eigenvalue weighted by molar-refractivity contribution is 5.97. The maximum Gasteiger partial charge on any atom is 0.418 e. The first kappa shape index (κ1) is 27.5. The number of pyridine rings is 1. The molecule has 0 saturated carbocycles. The van der Waals surface area contributed by atoms with E-state index in [-0.39, 0.29) is 17.9 Å². The van der Waals surface area contributed by atoms with E-state index in [1.54, 1.807) is 24.1 Å². The van der Waals surface area contributed by atoms with E-state index in [2.05, 4.69) is 4.98 Å². The summed E-state index contributed by atoms with van der Waals surface area (Å²) in [7, 11) is 1.55. The Morgan fingerprint density at radius 3 is 2.50 bits per heavy atom.